The molecule has 14 heavy (non-hydrogen) atoms. The Balaban J connectivity index is 4.15. The largest absolute Gasteiger partial charge is 0.198 e. The second-order valence-corrected chi connectivity index (χ2v) is 6.27. The van der Waals surface area contributed by atoms with E-state index < -0.39 is 0 Å². The van der Waals surface area contributed by atoms with Crippen molar-refractivity contribution in [1.82, 2.24) is 0 Å². The fourth-order valence-corrected chi connectivity index (χ4v) is 2.00. The Morgan fingerprint density at radius 1 is 1.14 bits per heavy atom. The monoisotopic (exact) mass is 195 g/mol. The van der Waals surface area contributed by atoms with Crippen LogP contribution in [0.3, 0.4) is 0 Å². The molecule has 0 aromatic carbocycles. The van der Waals surface area contributed by atoms with Gasteiger partial charge in [0.1, 0.15) is 0 Å². The molecular weight excluding hydrogens is 170 g/mol. The van der Waals surface area contributed by atoms with Gasteiger partial charge in [-0.15, -0.1) is 0 Å². The molecule has 0 aliphatic carbocycles. The van der Waals surface area contributed by atoms with Gasteiger partial charge in [0.15, 0.2) is 0 Å². The SMILES string of the molecule is CC(C)CCC(C)(C)CC(C)(C)C#N. The molecule has 1 nitrogen and oxygen atoms in total. The van der Waals surface area contributed by atoms with Crippen molar-refractivity contribution < 1.29 is 0 Å². The summed E-state index contributed by atoms with van der Waals surface area (Å²) in [5.74, 6) is 0.763. The fraction of sp³-hybridized carbons (Fsp3) is 0.923. The Kier molecular flexibility index (Phi) is 4.65. The van der Waals surface area contributed by atoms with Crippen LogP contribution in [-0.2, 0) is 0 Å². The van der Waals surface area contributed by atoms with Crippen LogP contribution in [0.2, 0.25) is 0 Å². The zero-order valence-electron chi connectivity index (χ0n) is 10.6. The minimum Gasteiger partial charge on any atom is -0.198 e. The second-order valence-electron chi connectivity index (χ2n) is 6.27. The van der Waals surface area contributed by atoms with Crippen LogP contribution < -0.4 is 0 Å². The highest BCUT2D eigenvalue weighted by Crippen LogP contribution is 2.37. The summed E-state index contributed by atoms with van der Waals surface area (Å²) in [6.45, 7) is 13.1. The summed E-state index contributed by atoms with van der Waals surface area (Å²) in [5.41, 5.74) is 0.115. The summed E-state index contributed by atoms with van der Waals surface area (Å²) in [7, 11) is 0. The molecule has 0 fully saturated rings. The number of hydrogen-bond acceptors (Lipinski definition) is 1. The minimum absolute atomic E-state index is 0.180. The van der Waals surface area contributed by atoms with Crippen molar-refractivity contribution in [2.45, 2.75) is 60.8 Å². The van der Waals surface area contributed by atoms with Gasteiger partial charge in [-0.25, -0.2) is 0 Å². The van der Waals surface area contributed by atoms with E-state index in [2.05, 4.69) is 33.8 Å². The van der Waals surface area contributed by atoms with Gasteiger partial charge in [0.2, 0.25) is 0 Å². The van der Waals surface area contributed by atoms with Gasteiger partial charge in [-0.1, -0.05) is 34.1 Å². The van der Waals surface area contributed by atoms with E-state index in [-0.39, 0.29) is 5.41 Å². The number of nitriles is 1. The zero-order chi connectivity index (χ0) is 11.4. The Labute approximate surface area is 89.5 Å². The van der Waals surface area contributed by atoms with E-state index in [1.807, 2.05) is 13.8 Å². The first-order valence-corrected chi connectivity index (χ1v) is 5.60. The smallest absolute Gasteiger partial charge is 0.0684 e. The van der Waals surface area contributed by atoms with Gasteiger partial charge >= 0.3 is 0 Å². The van der Waals surface area contributed by atoms with Crippen LogP contribution in [0.4, 0.5) is 0 Å². The van der Waals surface area contributed by atoms with Crippen molar-refractivity contribution in [3.05, 3.63) is 0 Å². The third-order valence-corrected chi connectivity index (χ3v) is 2.62. The molecule has 0 saturated heterocycles. The van der Waals surface area contributed by atoms with E-state index in [9.17, 15) is 0 Å². The maximum absolute atomic E-state index is 8.98. The Bertz CT molecular complexity index is 206. The third kappa shape index (κ3) is 6.02. The lowest BCUT2D eigenvalue weighted by molar-refractivity contribution is 0.213. The highest BCUT2D eigenvalue weighted by atomic mass is 14.4. The lowest BCUT2D eigenvalue weighted by atomic mass is 9.73. The average Bonchev–Trinajstić information content (AvgIpc) is 1.99. The summed E-state index contributed by atoms with van der Waals surface area (Å²) in [4.78, 5) is 0. The first kappa shape index (κ1) is 13.5. The maximum atomic E-state index is 8.98. The number of nitrogens with zero attached hydrogens (tertiary/aromatic N) is 1. The molecule has 0 amide bonds. The lowest BCUT2D eigenvalue weighted by Crippen LogP contribution is -2.22. The minimum atomic E-state index is -0.180. The zero-order valence-corrected chi connectivity index (χ0v) is 10.6. The van der Waals surface area contributed by atoms with Crippen LogP contribution in [0.1, 0.15) is 60.8 Å². The van der Waals surface area contributed by atoms with Crippen LogP contribution in [0.15, 0.2) is 0 Å². The first-order valence-electron chi connectivity index (χ1n) is 5.60. The van der Waals surface area contributed by atoms with Gasteiger partial charge in [0, 0.05) is 0 Å². The molecule has 0 aliphatic rings. The molecule has 1 heteroatoms. The van der Waals surface area contributed by atoms with Crippen molar-refractivity contribution in [1.29, 1.82) is 5.26 Å². The Morgan fingerprint density at radius 3 is 2.00 bits per heavy atom. The molecule has 0 spiro atoms. The normalized spacial score (nSPS) is 13.0. The van der Waals surface area contributed by atoms with E-state index in [0.29, 0.717) is 5.41 Å². The molecule has 0 atom stereocenters. The fourth-order valence-electron chi connectivity index (χ4n) is 2.00. The van der Waals surface area contributed by atoms with Gasteiger partial charge in [-0.3, -0.25) is 0 Å². The molecule has 0 bridgehead atoms. The molecular formula is C13H25N. The number of hydrogen-bond donors (Lipinski definition) is 0. The Morgan fingerprint density at radius 2 is 1.64 bits per heavy atom. The first-order chi connectivity index (χ1) is 6.18. The van der Waals surface area contributed by atoms with Crippen molar-refractivity contribution in [2.24, 2.45) is 16.7 Å². The molecule has 0 aromatic heterocycles. The maximum Gasteiger partial charge on any atom is 0.0684 e. The Hall–Kier alpha value is -0.510. The summed E-state index contributed by atoms with van der Waals surface area (Å²) < 4.78 is 0. The van der Waals surface area contributed by atoms with Gasteiger partial charge < -0.3 is 0 Å². The van der Waals surface area contributed by atoms with Crippen LogP contribution >= 0.6 is 0 Å². The van der Waals surface area contributed by atoms with Gasteiger partial charge in [0.05, 0.1) is 11.5 Å². The average molecular weight is 195 g/mol. The van der Waals surface area contributed by atoms with Crippen LogP contribution in [-0.4, -0.2) is 0 Å². The van der Waals surface area contributed by atoms with E-state index in [4.69, 9.17) is 5.26 Å². The summed E-state index contributed by atoms with van der Waals surface area (Å²) in [5, 5.41) is 8.98. The third-order valence-electron chi connectivity index (χ3n) is 2.62. The van der Waals surface area contributed by atoms with E-state index in [1.54, 1.807) is 0 Å². The molecule has 0 saturated carbocycles. The van der Waals surface area contributed by atoms with Crippen LogP contribution in [0, 0.1) is 28.1 Å². The molecule has 0 unspecified atom stereocenters. The highest BCUT2D eigenvalue weighted by molar-refractivity contribution is 4.95. The van der Waals surface area contributed by atoms with Crippen molar-refractivity contribution >= 4 is 0 Å². The summed E-state index contributed by atoms with van der Waals surface area (Å²) in [6.07, 6.45) is 3.47. The predicted octanol–water partition coefficient (Wildman–Crippen LogP) is 4.39. The second kappa shape index (κ2) is 4.82. The van der Waals surface area contributed by atoms with Gasteiger partial charge in [-0.2, -0.15) is 5.26 Å². The molecule has 0 aromatic rings. The molecule has 0 rings (SSSR count). The summed E-state index contributed by atoms with van der Waals surface area (Å²) >= 11 is 0. The van der Waals surface area contributed by atoms with Crippen molar-refractivity contribution in [3.8, 4) is 6.07 Å². The van der Waals surface area contributed by atoms with Crippen molar-refractivity contribution in [3.63, 3.8) is 0 Å². The predicted molar refractivity (Wildman–Crippen MR) is 61.9 cm³/mol. The molecule has 0 aliphatic heterocycles. The van der Waals surface area contributed by atoms with Gasteiger partial charge in [0.25, 0.3) is 0 Å². The van der Waals surface area contributed by atoms with E-state index >= 15 is 0 Å². The van der Waals surface area contributed by atoms with E-state index in [0.717, 1.165) is 12.3 Å². The lowest BCUT2D eigenvalue weighted by Gasteiger charge is -2.31. The van der Waals surface area contributed by atoms with Gasteiger partial charge in [-0.05, 0) is 38.0 Å². The molecule has 0 N–H and O–H groups in total. The molecule has 0 radical (unpaired) electrons. The molecule has 0 heterocycles. The van der Waals surface area contributed by atoms with Crippen LogP contribution in [0.5, 0.6) is 0 Å². The standard InChI is InChI=1S/C13H25N/c1-11(2)7-8-12(3,4)9-13(5,6)10-14/h11H,7-9H2,1-6H3. The van der Waals surface area contributed by atoms with Crippen LogP contribution in [0.25, 0.3) is 0 Å². The quantitative estimate of drug-likeness (QED) is 0.638. The summed E-state index contributed by atoms with van der Waals surface area (Å²) in [6, 6.07) is 2.39. The van der Waals surface area contributed by atoms with Crippen molar-refractivity contribution in [2.75, 3.05) is 0 Å². The highest BCUT2D eigenvalue weighted by Gasteiger charge is 2.28. The number of rotatable bonds is 5. The van der Waals surface area contributed by atoms with E-state index in [1.165, 1.54) is 12.8 Å². The molecule has 82 valence electrons. The topological polar surface area (TPSA) is 23.8 Å².